The zero-order valence-electron chi connectivity index (χ0n) is 10.5. The van der Waals surface area contributed by atoms with Crippen molar-refractivity contribution in [1.82, 2.24) is 10.2 Å². The standard InChI is InChI=1S/C10H12F6N2O3/c11-9(12,13)8(10(14,15)16)2-4-18(5-8)7(21)17-3-1-6(19)20/h1-5H2,(H,17,21)(H,19,20). The van der Waals surface area contributed by atoms with Crippen LogP contribution in [-0.2, 0) is 4.79 Å². The average molecular weight is 322 g/mol. The predicted molar refractivity (Wildman–Crippen MR) is 56.4 cm³/mol. The summed E-state index contributed by atoms with van der Waals surface area (Å²) in [6.45, 7) is -2.62. The molecule has 1 saturated heterocycles. The highest BCUT2D eigenvalue weighted by Crippen LogP contribution is 2.55. The molecule has 0 aromatic heterocycles. The van der Waals surface area contributed by atoms with E-state index in [0.29, 0.717) is 4.90 Å². The van der Waals surface area contributed by atoms with Crippen molar-refractivity contribution in [3.8, 4) is 0 Å². The van der Waals surface area contributed by atoms with Crippen molar-refractivity contribution in [2.45, 2.75) is 25.2 Å². The average Bonchev–Trinajstić information content (AvgIpc) is 2.72. The number of urea groups is 1. The van der Waals surface area contributed by atoms with Crippen molar-refractivity contribution < 1.29 is 41.0 Å². The number of carbonyl (C=O) groups excluding carboxylic acids is 1. The van der Waals surface area contributed by atoms with Crippen LogP contribution in [-0.4, -0.2) is 54.0 Å². The van der Waals surface area contributed by atoms with E-state index in [-0.39, 0.29) is 6.54 Å². The summed E-state index contributed by atoms with van der Waals surface area (Å²) in [5.41, 5.74) is -3.94. The quantitative estimate of drug-likeness (QED) is 0.781. The summed E-state index contributed by atoms with van der Waals surface area (Å²) in [6, 6.07) is -1.15. The second kappa shape index (κ2) is 5.60. The highest BCUT2D eigenvalue weighted by atomic mass is 19.4. The van der Waals surface area contributed by atoms with Crippen LogP contribution in [0.3, 0.4) is 0 Å². The maximum atomic E-state index is 12.8. The monoisotopic (exact) mass is 322 g/mol. The van der Waals surface area contributed by atoms with Crippen LogP contribution < -0.4 is 5.32 Å². The first-order valence-electron chi connectivity index (χ1n) is 5.79. The molecule has 1 aliphatic rings. The number of alkyl halides is 6. The van der Waals surface area contributed by atoms with Gasteiger partial charge in [-0.3, -0.25) is 4.79 Å². The number of carboxylic acid groups (broad SMARTS) is 1. The maximum absolute atomic E-state index is 12.8. The molecule has 1 heterocycles. The van der Waals surface area contributed by atoms with E-state index in [4.69, 9.17) is 5.11 Å². The van der Waals surface area contributed by atoms with E-state index in [1.54, 1.807) is 0 Å². The van der Waals surface area contributed by atoms with Gasteiger partial charge in [0.15, 0.2) is 5.41 Å². The highest BCUT2D eigenvalue weighted by Gasteiger charge is 2.72. The Morgan fingerprint density at radius 2 is 1.67 bits per heavy atom. The largest absolute Gasteiger partial charge is 0.481 e. The molecular formula is C10H12F6N2O3. The molecular weight excluding hydrogens is 310 g/mol. The molecule has 21 heavy (non-hydrogen) atoms. The number of hydrogen-bond acceptors (Lipinski definition) is 2. The maximum Gasteiger partial charge on any atom is 0.404 e. The van der Waals surface area contributed by atoms with Crippen LogP contribution in [0.2, 0.25) is 0 Å². The fourth-order valence-corrected chi connectivity index (χ4v) is 1.99. The van der Waals surface area contributed by atoms with Crippen LogP contribution >= 0.6 is 0 Å². The second-order valence-corrected chi connectivity index (χ2v) is 4.62. The van der Waals surface area contributed by atoms with Crippen LogP contribution in [0.5, 0.6) is 0 Å². The second-order valence-electron chi connectivity index (χ2n) is 4.62. The van der Waals surface area contributed by atoms with Crippen molar-refractivity contribution in [2.24, 2.45) is 5.41 Å². The molecule has 0 aliphatic carbocycles. The van der Waals surface area contributed by atoms with Gasteiger partial charge in [0.05, 0.1) is 6.42 Å². The number of carboxylic acids is 1. The summed E-state index contributed by atoms with van der Waals surface area (Å²) < 4.78 is 76.5. The normalized spacial score (nSPS) is 18.7. The van der Waals surface area contributed by atoms with E-state index in [9.17, 15) is 35.9 Å². The van der Waals surface area contributed by atoms with E-state index in [2.05, 4.69) is 0 Å². The molecule has 1 aliphatic heterocycles. The summed E-state index contributed by atoms with van der Waals surface area (Å²) in [6.07, 6.45) is -12.8. The van der Waals surface area contributed by atoms with Gasteiger partial charge in [-0.05, 0) is 6.42 Å². The van der Waals surface area contributed by atoms with Gasteiger partial charge in [-0.2, -0.15) is 26.3 Å². The number of nitrogens with zero attached hydrogens (tertiary/aromatic N) is 1. The molecule has 2 N–H and O–H groups in total. The Labute approximate surface area is 114 Å². The lowest BCUT2D eigenvalue weighted by atomic mass is 9.85. The molecule has 11 heteroatoms. The summed E-state index contributed by atoms with van der Waals surface area (Å²) in [5.74, 6) is -1.25. The predicted octanol–water partition coefficient (Wildman–Crippen LogP) is 1.99. The number of hydrogen-bond donors (Lipinski definition) is 2. The lowest BCUT2D eigenvalue weighted by Crippen LogP contribution is -2.53. The fraction of sp³-hybridized carbons (Fsp3) is 0.800. The van der Waals surface area contributed by atoms with E-state index in [1.165, 1.54) is 0 Å². The molecule has 1 rings (SSSR count). The lowest BCUT2D eigenvalue weighted by molar-refractivity contribution is -0.334. The minimum atomic E-state index is -5.53. The van der Waals surface area contributed by atoms with Gasteiger partial charge in [-0.25, -0.2) is 4.79 Å². The Morgan fingerprint density at radius 3 is 2.05 bits per heavy atom. The van der Waals surface area contributed by atoms with Crippen LogP contribution in [0.1, 0.15) is 12.8 Å². The van der Waals surface area contributed by atoms with E-state index < -0.39 is 55.7 Å². The van der Waals surface area contributed by atoms with Crippen molar-refractivity contribution >= 4 is 12.0 Å². The highest BCUT2D eigenvalue weighted by molar-refractivity contribution is 5.75. The van der Waals surface area contributed by atoms with Crippen LogP contribution in [0.4, 0.5) is 31.1 Å². The number of amides is 2. The van der Waals surface area contributed by atoms with Crippen LogP contribution in [0.15, 0.2) is 0 Å². The Balaban J connectivity index is 2.76. The molecule has 0 unspecified atom stereocenters. The van der Waals surface area contributed by atoms with Crippen LogP contribution in [0, 0.1) is 5.41 Å². The molecule has 0 aromatic rings. The minimum absolute atomic E-state index is 0.379. The molecule has 0 atom stereocenters. The fourth-order valence-electron chi connectivity index (χ4n) is 1.99. The van der Waals surface area contributed by atoms with Gasteiger partial charge in [0, 0.05) is 19.6 Å². The number of nitrogens with one attached hydrogen (secondary N) is 1. The number of rotatable bonds is 3. The van der Waals surface area contributed by atoms with Gasteiger partial charge in [-0.15, -0.1) is 0 Å². The van der Waals surface area contributed by atoms with E-state index in [1.807, 2.05) is 5.32 Å². The summed E-state index contributed by atoms with van der Waals surface area (Å²) in [7, 11) is 0. The first-order chi connectivity index (χ1) is 9.41. The third-order valence-electron chi connectivity index (χ3n) is 3.26. The third-order valence-corrected chi connectivity index (χ3v) is 3.26. The molecule has 0 saturated carbocycles. The van der Waals surface area contributed by atoms with E-state index in [0.717, 1.165) is 0 Å². The molecule has 2 amide bonds. The van der Waals surface area contributed by atoms with Gasteiger partial charge >= 0.3 is 24.4 Å². The lowest BCUT2D eigenvalue weighted by Gasteiger charge is -2.33. The Bertz CT molecular complexity index is 406. The first kappa shape index (κ1) is 17.4. The van der Waals surface area contributed by atoms with Crippen molar-refractivity contribution in [3.63, 3.8) is 0 Å². The van der Waals surface area contributed by atoms with Crippen molar-refractivity contribution in [2.75, 3.05) is 19.6 Å². The molecule has 0 bridgehead atoms. The minimum Gasteiger partial charge on any atom is -0.481 e. The molecule has 0 radical (unpaired) electrons. The van der Waals surface area contributed by atoms with Gasteiger partial charge in [0.2, 0.25) is 0 Å². The number of aliphatic carboxylic acids is 1. The number of halogens is 6. The van der Waals surface area contributed by atoms with Gasteiger partial charge in [0.25, 0.3) is 0 Å². The van der Waals surface area contributed by atoms with Gasteiger partial charge in [-0.1, -0.05) is 0 Å². The summed E-state index contributed by atoms with van der Waals surface area (Å²) in [5, 5.41) is 10.3. The molecule has 1 fully saturated rings. The first-order valence-corrected chi connectivity index (χ1v) is 5.79. The summed E-state index contributed by atoms with van der Waals surface area (Å²) >= 11 is 0. The topological polar surface area (TPSA) is 69.6 Å². The summed E-state index contributed by atoms with van der Waals surface area (Å²) in [4.78, 5) is 22.1. The SMILES string of the molecule is O=C(O)CCNC(=O)N1CCC(C(F)(F)F)(C(F)(F)F)C1. The number of likely N-dealkylation sites (tertiary alicyclic amines) is 1. The zero-order chi connectivity index (χ0) is 16.5. The van der Waals surface area contributed by atoms with Crippen LogP contribution in [0.25, 0.3) is 0 Å². The molecule has 0 aromatic carbocycles. The molecule has 122 valence electrons. The Morgan fingerprint density at radius 1 is 1.14 bits per heavy atom. The smallest absolute Gasteiger partial charge is 0.404 e. The Kier molecular flexibility index (Phi) is 4.63. The molecule has 5 nitrogen and oxygen atoms in total. The molecule has 0 spiro atoms. The van der Waals surface area contributed by atoms with Crippen molar-refractivity contribution in [1.29, 1.82) is 0 Å². The zero-order valence-corrected chi connectivity index (χ0v) is 10.5. The van der Waals surface area contributed by atoms with E-state index >= 15 is 0 Å². The third kappa shape index (κ3) is 3.50. The Hall–Kier alpha value is -1.68. The van der Waals surface area contributed by atoms with Gasteiger partial charge in [0.1, 0.15) is 0 Å². The number of carbonyl (C=O) groups is 2. The van der Waals surface area contributed by atoms with Gasteiger partial charge < -0.3 is 15.3 Å². The van der Waals surface area contributed by atoms with Crippen molar-refractivity contribution in [3.05, 3.63) is 0 Å².